The molecule has 0 heterocycles. The Labute approximate surface area is 86.0 Å². The fourth-order valence-electron chi connectivity index (χ4n) is 1.35. The Kier molecular flexibility index (Phi) is 4.63. The van der Waals surface area contributed by atoms with Crippen LogP contribution in [0.4, 0.5) is 0 Å². The molecular formula is C12H19NO. The molecule has 0 spiro atoms. The highest BCUT2D eigenvalue weighted by Crippen LogP contribution is 2.11. The van der Waals surface area contributed by atoms with E-state index >= 15 is 0 Å². The first-order chi connectivity index (χ1) is 6.74. The molecule has 1 aromatic carbocycles. The van der Waals surface area contributed by atoms with Gasteiger partial charge >= 0.3 is 0 Å². The molecule has 0 aliphatic rings. The van der Waals surface area contributed by atoms with Crippen molar-refractivity contribution in [2.75, 3.05) is 13.2 Å². The lowest BCUT2D eigenvalue weighted by atomic mass is 10.1. The van der Waals surface area contributed by atoms with Crippen LogP contribution in [0.15, 0.2) is 30.3 Å². The third-order valence-corrected chi connectivity index (χ3v) is 2.16. The SMILES string of the molecule is CC(C)CN[C@@H](CO)c1ccccc1. The van der Waals surface area contributed by atoms with E-state index in [1.54, 1.807) is 0 Å². The summed E-state index contributed by atoms with van der Waals surface area (Å²) in [5.74, 6) is 0.604. The molecule has 0 fully saturated rings. The van der Waals surface area contributed by atoms with Crippen molar-refractivity contribution in [2.24, 2.45) is 5.92 Å². The van der Waals surface area contributed by atoms with E-state index in [2.05, 4.69) is 19.2 Å². The van der Waals surface area contributed by atoms with Crippen molar-refractivity contribution < 1.29 is 5.11 Å². The van der Waals surface area contributed by atoms with Gasteiger partial charge in [0.05, 0.1) is 12.6 Å². The largest absolute Gasteiger partial charge is 0.394 e. The number of rotatable bonds is 5. The minimum atomic E-state index is 0.0681. The molecule has 1 aromatic rings. The second-order valence-corrected chi connectivity index (χ2v) is 3.95. The van der Waals surface area contributed by atoms with Crippen LogP contribution in [0.1, 0.15) is 25.5 Å². The van der Waals surface area contributed by atoms with Crippen LogP contribution in [-0.2, 0) is 0 Å². The average molecular weight is 193 g/mol. The quantitative estimate of drug-likeness (QED) is 0.749. The lowest BCUT2D eigenvalue weighted by Crippen LogP contribution is -2.27. The zero-order chi connectivity index (χ0) is 10.4. The van der Waals surface area contributed by atoms with Crippen LogP contribution in [-0.4, -0.2) is 18.3 Å². The van der Waals surface area contributed by atoms with Gasteiger partial charge in [-0.15, -0.1) is 0 Å². The number of benzene rings is 1. The Morgan fingerprint density at radius 3 is 2.36 bits per heavy atom. The third-order valence-electron chi connectivity index (χ3n) is 2.16. The average Bonchev–Trinajstić information content (AvgIpc) is 2.20. The molecule has 2 heteroatoms. The zero-order valence-electron chi connectivity index (χ0n) is 8.90. The molecular weight excluding hydrogens is 174 g/mol. The van der Waals surface area contributed by atoms with Crippen molar-refractivity contribution in [3.63, 3.8) is 0 Å². The van der Waals surface area contributed by atoms with Crippen molar-refractivity contribution in [1.82, 2.24) is 5.32 Å². The number of hydrogen-bond acceptors (Lipinski definition) is 2. The molecule has 0 radical (unpaired) electrons. The van der Waals surface area contributed by atoms with E-state index in [0.29, 0.717) is 5.92 Å². The van der Waals surface area contributed by atoms with Crippen molar-refractivity contribution in [3.8, 4) is 0 Å². The first kappa shape index (κ1) is 11.2. The molecule has 0 saturated heterocycles. The van der Waals surface area contributed by atoms with Crippen molar-refractivity contribution in [2.45, 2.75) is 19.9 Å². The molecule has 14 heavy (non-hydrogen) atoms. The molecule has 0 aliphatic heterocycles. The van der Waals surface area contributed by atoms with Gasteiger partial charge in [-0.2, -0.15) is 0 Å². The summed E-state index contributed by atoms with van der Waals surface area (Å²) in [5.41, 5.74) is 1.15. The topological polar surface area (TPSA) is 32.3 Å². The number of aliphatic hydroxyl groups is 1. The van der Waals surface area contributed by atoms with Crippen LogP contribution in [0.25, 0.3) is 0 Å². The molecule has 78 valence electrons. The Hall–Kier alpha value is -0.860. The fraction of sp³-hybridized carbons (Fsp3) is 0.500. The van der Waals surface area contributed by atoms with Gasteiger partial charge in [-0.1, -0.05) is 44.2 Å². The van der Waals surface area contributed by atoms with Crippen LogP contribution in [0.5, 0.6) is 0 Å². The maximum Gasteiger partial charge on any atom is 0.0626 e. The first-order valence-corrected chi connectivity index (χ1v) is 5.13. The molecule has 0 bridgehead atoms. The smallest absolute Gasteiger partial charge is 0.0626 e. The van der Waals surface area contributed by atoms with Crippen LogP contribution in [0, 0.1) is 5.92 Å². The summed E-state index contributed by atoms with van der Waals surface area (Å²) in [6.45, 7) is 5.40. The summed E-state index contributed by atoms with van der Waals surface area (Å²) in [6, 6.07) is 10.1. The van der Waals surface area contributed by atoms with Crippen molar-refractivity contribution in [3.05, 3.63) is 35.9 Å². The Balaban J connectivity index is 2.54. The van der Waals surface area contributed by atoms with E-state index in [1.807, 2.05) is 30.3 Å². The van der Waals surface area contributed by atoms with Crippen LogP contribution < -0.4 is 5.32 Å². The predicted octanol–water partition coefficient (Wildman–Crippen LogP) is 1.97. The molecule has 0 aliphatic carbocycles. The Morgan fingerprint density at radius 2 is 1.86 bits per heavy atom. The van der Waals surface area contributed by atoms with Gasteiger partial charge < -0.3 is 10.4 Å². The lowest BCUT2D eigenvalue weighted by Gasteiger charge is -2.17. The molecule has 1 atom stereocenters. The van der Waals surface area contributed by atoms with Gasteiger partial charge in [-0.25, -0.2) is 0 Å². The van der Waals surface area contributed by atoms with Gasteiger partial charge in [-0.3, -0.25) is 0 Å². The van der Waals surface area contributed by atoms with E-state index < -0.39 is 0 Å². The van der Waals surface area contributed by atoms with E-state index in [1.165, 1.54) is 0 Å². The van der Waals surface area contributed by atoms with Gasteiger partial charge in [0, 0.05) is 0 Å². The highest BCUT2D eigenvalue weighted by Gasteiger charge is 2.08. The normalized spacial score (nSPS) is 13.1. The van der Waals surface area contributed by atoms with Gasteiger partial charge in [0.1, 0.15) is 0 Å². The summed E-state index contributed by atoms with van der Waals surface area (Å²) in [6.07, 6.45) is 0. The number of nitrogens with one attached hydrogen (secondary N) is 1. The van der Waals surface area contributed by atoms with Crippen LogP contribution >= 0.6 is 0 Å². The Bertz CT molecular complexity index is 246. The summed E-state index contributed by atoms with van der Waals surface area (Å²) in [4.78, 5) is 0. The Morgan fingerprint density at radius 1 is 1.21 bits per heavy atom. The van der Waals surface area contributed by atoms with E-state index in [-0.39, 0.29) is 12.6 Å². The summed E-state index contributed by atoms with van der Waals surface area (Å²) in [5, 5.41) is 12.6. The molecule has 1 rings (SSSR count). The van der Waals surface area contributed by atoms with Crippen molar-refractivity contribution in [1.29, 1.82) is 0 Å². The summed E-state index contributed by atoms with van der Waals surface area (Å²) >= 11 is 0. The van der Waals surface area contributed by atoms with Crippen molar-refractivity contribution >= 4 is 0 Å². The summed E-state index contributed by atoms with van der Waals surface area (Å²) in [7, 11) is 0. The van der Waals surface area contributed by atoms with E-state index in [9.17, 15) is 5.11 Å². The van der Waals surface area contributed by atoms with Gasteiger partial charge in [0.25, 0.3) is 0 Å². The molecule has 0 aromatic heterocycles. The third kappa shape index (κ3) is 3.48. The van der Waals surface area contributed by atoms with E-state index in [0.717, 1.165) is 12.1 Å². The van der Waals surface area contributed by atoms with Gasteiger partial charge in [-0.05, 0) is 18.0 Å². The van der Waals surface area contributed by atoms with Gasteiger partial charge in [0.2, 0.25) is 0 Å². The second kappa shape index (κ2) is 5.78. The molecule has 0 amide bonds. The number of aliphatic hydroxyl groups excluding tert-OH is 1. The fourth-order valence-corrected chi connectivity index (χ4v) is 1.35. The highest BCUT2D eigenvalue weighted by atomic mass is 16.3. The monoisotopic (exact) mass is 193 g/mol. The predicted molar refractivity (Wildman–Crippen MR) is 59.1 cm³/mol. The molecule has 2 N–H and O–H groups in total. The zero-order valence-corrected chi connectivity index (χ0v) is 8.90. The van der Waals surface area contributed by atoms with Crippen LogP contribution in [0.2, 0.25) is 0 Å². The van der Waals surface area contributed by atoms with Gasteiger partial charge in [0.15, 0.2) is 0 Å². The van der Waals surface area contributed by atoms with Crippen LogP contribution in [0.3, 0.4) is 0 Å². The van der Waals surface area contributed by atoms with E-state index in [4.69, 9.17) is 0 Å². The highest BCUT2D eigenvalue weighted by molar-refractivity contribution is 5.18. The maximum atomic E-state index is 9.23. The first-order valence-electron chi connectivity index (χ1n) is 5.13. The second-order valence-electron chi connectivity index (χ2n) is 3.95. The minimum absolute atomic E-state index is 0.0681. The summed E-state index contributed by atoms with van der Waals surface area (Å²) < 4.78 is 0. The molecule has 0 saturated carbocycles. The minimum Gasteiger partial charge on any atom is -0.394 e. The molecule has 0 unspecified atom stereocenters. The lowest BCUT2D eigenvalue weighted by molar-refractivity contribution is 0.241. The standard InChI is InChI=1S/C12H19NO/c1-10(2)8-13-12(9-14)11-6-4-3-5-7-11/h3-7,10,12-14H,8-9H2,1-2H3/t12-/m0/s1. The number of hydrogen-bond donors (Lipinski definition) is 2. The molecule has 2 nitrogen and oxygen atoms in total. The maximum absolute atomic E-state index is 9.23.